The predicted octanol–water partition coefficient (Wildman–Crippen LogP) is 4.02. The van der Waals surface area contributed by atoms with E-state index in [9.17, 15) is 0 Å². The van der Waals surface area contributed by atoms with Crippen molar-refractivity contribution in [3.8, 4) is 0 Å². The van der Waals surface area contributed by atoms with Gasteiger partial charge in [-0.25, -0.2) is 9.97 Å². The van der Waals surface area contributed by atoms with Gasteiger partial charge in [0.25, 0.3) is 0 Å². The lowest BCUT2D eigenvalue weighted by Gasteiger charge is -2.29. The molecule has 1 aliphatic carbocycles. The smallest absolute Gasteiger partial charge is 0.135 e. The van der Waals surface area contributed by atoms with Crippen LogP contribution in [0.15, 0.2) is 6.33 Å². The highest BCUT2D eigenvalue weighted by Crippen LogP contribution is 2.40. The number of nitrogens with zero attached hydrogens (tertiary/aromatic N) is 2. The van der Waals surface area contributed by atoms with Crippen LogP contribution >= 0.6 is 0 Å². The van der Waals surface area contributed by atoms with E-state index in [0.29, 0.717) is 17.4 Å². The highest BCUT2D eigenvalue weighted by Gasteiger charge is 2.35. The SMILES string of the molecule is CCNc1ncnc(NC2CCCC2(C)C)c1C(C)C. The number of nitrogens with one attached hydrogen (secondary N) is 2. The van der Waals surface area contributed by atoms with Gasteiger partial charge in [0.15, 0.2) is 0 Å². The van der Waals surface area contributed by atoms with E-state index in [2.05, 4.69) is 55.2 Å². The summed E-state index contributed by atoms with van der Waals surface area (Å²) in [6.07, 6.45) is 5.47. The lowest BCUT2D eigenvalue weighted by molar-refractivity contribution is 0.349. The fraction of sp³-hybridized carbons (Fsp3) is 0.750. The van der Waals surface area contributed by atoms with Crippen LogP contribution in [0, 0.1) is 5.41 Å². The topological polar surface area (TPSA) is 49.8 Å². The van der Waals surface area contributed by atoms with Gasteiger partial charge in [0.2, 0.25) is 0 Å². The minimum absolute atomic E-state index is 0.345. The molecule has 1 aromatic heterocycles. The maximum absolute atomic E-state index is 4.51. The minimum Gasteiger partial charge on any atom is -0.370 e. The highest BCUT2D eigenvalue weighted by atomic mass is 15.1. The average molecular weight is 276 g/mol. The molecule has 112 valence electrons. The summed E-state index contributed by atoms with van der Waals surface area (Å²) in [4.78, 5) is 8.91. The Bertz CT molecular complexity index is 454. The van der Waals surface area contributed by atoms with Crippen LogP contribution in [0.4, 0.5) is 11.6 Å². The molecule has 0 bridgehead atoms. The van der Waals surface area contributed by atoms with Crippen molar-refractivity contribution in [1.82, 2.24) is 9.97 Å². The van der Waals surface area contributed by atoms with Gasteiger partial charge in [-0.05, 0) is 31.1 Å². The molecule has 4 nitrogen and oxygen atoms in total. The van der Waals surface area contributed by atoms with E-state index >= 15 is 0 Å². The Morgan fingerprint density at radius 2 is 2.00 bits per heavy atom. The molecule has 0 amide bonds. The summed E-state index contributed by atoms with van der Waals surface area (Å²) >= 11 is 0. The van der Waals surface area contributed by atoms with Crippen molar-refractivity contribution in [2.45, 2.75) is 65.8 Å². The fourth-order valence-electron chi connectivity index (χ4n) is 3.13. The highest BCUT2D eigenvalue weighted by molar-refractivity contribution is 5.59. The summed E-state index contributed by atoms with van der Waals surface area (Å²) in [5.74, 6) is 2.37. The number of rotatable bonds is 5. The lowest BCUT2D eigenvalue weighted by Crippen LogP contribution is -2.32. The molecule has 0 spiro atoms. The first kappa shape index (κ1) is 15.1. The second-order valence-corrected chi connectivity index (χ2v) is 6.75. The molecule has 1 aromatic rings. The second-order valence-electron chi connectivity index (χ2n) is 6.75. The van der Waals surface area contributed by atoms with E-state index < -0.39 is 0 Å². The van der Waals surface area contributed by atoms with Crippen LogP contribution in [0.2, 0.25) is 0 Å². The number of anilines is 2. The third-order valence-electron chi connectivity index (χ3n) is 4.37. The van der Waals surface area contributed by atoms with Gasteiger partial charge in [0, 0.05) is 18.2 Å². The van der Waals surface area contributed by atoms with Crippen LogP contribution in [-0.2, 0) is 0 Å². The summed E-state index contributed by atoms with van der Waals surface area (Å²) in [6.45, 7) is 12.1. The molecule has 0 aliphatic heterocycles. The van der Waals surface area contributed by atoms with Crippen molar-refractivity contribution in [2.75, 3.05) is 17.2 Å². The largest absolute Gasteiger partial charge is 0.370 e. The van der Waals surface area contributed by atoms with E-state index in [4.69, 9.17) is 0 Å². The van der Waals surface area contributed by atoms with E-state index in [0.717, 1.165) is 18.2 Å². The Kier molecular flexibility index (Phi) is 4.51. The van der Waals surface area contributed by atoms with Crippen molar-refractivity contribution in [3.63, 3.8) is 0 Å². The zero-order chi connectivity index (χ0) is 14.8. The van der Waals surface area contributed by atoms with Crippen LogP contribution in [0.25, 0.3) is 0 Å². The average Bonchev–Trinajstić information content (AvgIpc) is 2.69. The molecule has 1 saturated carbocycles. The van der Waals surface area contributed by atoms with Gasteiger partial charge in [0.1, 0.15) is 18.0 Å². The lowest BCUT2D eigenvalue weighted by atomic mass is 9.87. The Morgan fingerprint density at radius 3 is 2.55 bits per heavy atom. The molecular weight excluding hydrogens is 248 g/mol. The van der Waals surface area contributed by atoms with Crippen molar-refractivity contribution in [3.05, 3.63) is 11.9 Å². The quantitative estimate of drug-likeness (QED) is 0.852. The molecule has 1 atom stereocenters. The molecule has 1 aliphatic rings. The van der Waals surface area contributed by atoms with Gasteiger partial charge in [-0.15, -0.1) is 0 Å². The van der Waals surface area contributed by atoms with Crippen LogP contribution in [0.1, 0.15) is 65.4 Å². The van der Waals surface area contributed by atoms with Crippen LogP contribution in [-0.4, -0.2) is 22.6 Å². The van der Waals surface area contributed by atoms with Gasteiger partial charge in [0.05, 0.1) is 0 Å². The zero-order valence-electron chi connectivity index (χ0n) is 13.5. The summed E-state index contributed by atoms with van der Waals surface area (Å²) < 4.78 is 0. The molecule has 1 unspecified atom stereocenters. The Balaban J connectivity index is 2.29. The van der Waals surface area contributed by atoms with Crippen LogP contribution in [0.5, 0.6) is 0 Å². The van der Waals surface area contributed by atoms with Crippen molar-refractivity contribution in [1.29, 1.82) is 0 Å². The van der Waals surface area contributed by atoms with Gasteiger partial charge in [-0.1, -0.05) is 34.1 Å². The van der Waals surface area contributed by atoms with Gasteiger partial charge < -0.3 is 10.6 Å². The molecular formula is C16H28N4. The van der Waals surface area contributed by atoms with Crippen molar-refractivity contribution >= 4 is 11.6 Å². The fourth-order valence-corrected chi connectivity index (χ4v) is 3.13. The summed E-state index contributed by atoms with van der Waals surface area (Å²) in [7, 11) is 0. The number of hydrogen-bond acceptors (Lipinski definition) is 4. The molecule has 1 heterocycles. The van der Waals surface area contributed by atoms with Gasteiger partial charge >= 0.3 is 0 Å². The van der Waals surface area contributed by atoms with E-state index in [1.54, 1.807) is 6.33 Å². The first-order valence-electron chi connectivity index (χ1n) is 7.81. The minimum atomic E-state index is 0.345. The van der Waals surface area contributed by atoms with Crippen LogP contribution < -0.4 is 10.6 Å². The monoisotopic (exact) mass is 276 g/mol. The molecule has 0 radical (unpaired) electrons. The standard InChI is InChI=1S/C16H28N4/c1-6-17-14-13(11(2)3)15(19-10-18-14)20-12-8-7-9-16(12,4)5/h10-12H,6-9H2,1-5H3,(H2,17,18,19,20). The summed E-state index contributed by atoms with van der Waals surface area (Å²) in [5, 5.41) is 7.04. The molecule has 2 rings (SSSR count). The maximum atomic E-state index is 4.51. The van der Waals surface area contributed by atoms with E-state index in [1.165, 1.54) is 24.8 Å². The third-order valence-corrected chi connectivity index (χ3v) is 4.37. The molecule has 2 N–H and O–H groups in total. The molecule has 4 heteroatoms. The number of hydrogen-bond donors (Lipinski definition) is 2. The molecule has 20 heavy (non-hydrogen) atoms. The van der Waals surface area contributed by atoms with Gasteiger partial charge in [-0.3, -0.25) is 0 Å². The second kappa shape index (κ2) is 5.98. The van der Waals surface area contributed by atoms with Crippen molar-refractivity contribution < 1.29 is 0 Å². The summed E-state index contributed by atoms with van der Waals surface area (Å²) in [6, 6.07) is 0.504. The number of aromatic nitrogens is 2. The maximum Gasteiger partial charge on any atom is 0.135 e. The molecule has 0 saturated heterocycles. The Labute approximate surface area is 122 Å². The molecule has 1 fully saturated rings. The molecule has 0 aromatic carbocycles. The third kappa shape index (κ3) is 3.05. The van der Waals surface area contributed by atoms with E-state index in [-0.39, 0.29) is 0 Å². The van der Waals surface area contributed by atoms with Crippen LogP contribution in [0.3, 0.4) is 0 Å². The Morgan fingerprint density at radius 1 is 1.30 bits per heavy atom. The predicted molar refractivity (Wildman–Crippen MR) is 85.3 cm³/mol. The summed E-state index contributed by atoms with van der Waals surface area (Å²) in [5.41, 5.74) is 1.55. The first-order valence-corrected chi connectivity index (χ1v) is 7.81. The first-order chi connectivity index (χ1) is 9.45. The Hall–Kier alpha value is -1.32. The van der Waals surface area contributed by atoms with Gasteiger partial charge in [-0.2, -0.15) is 0 Å². The zero-order valence-corrected chi connectivity index (χ0v) is 13.5. The van der Waals surface area contributed by atoms with Crippen molar-refractivity contribution in [2.24, 2.45) is 5.41 Å². The normalized spacial score (nSPS) is 21.2. The van der Waals surface area contributed by atoms with E-state index in [1.807, 2.05) is 0 Å².